The molecular formula is C15H11BrClN3O7S. The highest BCUT2D eigenvalue weighted by atomic mass is 79.9. The predicted molar refractivity (Wildman–Crippen MR) is 103 cm³/mol. The molecule has 3 N–H and O–H groups in total. The number of nitrogens with zero attached hydrogens (tertiary/aromatic N) is 1. The van der Waals surface area contributed by atoms with Crippen molar-refractivity contribution in [3.63, 3.8) is 0 Å². The quantitative estimate of drug-likeness (QED) is 0.356. The highest BCUT2D eigenvalue weighted by molar-refractivity contribution is 9.10. The maximum absolute atomic E-state index is 12.1. The van der Waals surface area contributed by atoms with E-state index in [0.717, 1.165) is 12.1 Å². The summed E-state index contributed by atoms with van der Waals surface area (Å²) in [5.41, 5.74) is -0.739. The minimum atomic E-state index is -4.05. The van der Waals surface area contributed by atoms with Crippen LogP contribution in [0.5, 0.6) is 0 Å². The van der Waals surface area contributed by atoms with E-state index in [4.69, 9.17) is 21.5 Å². The maximum atomic E-state index is 12.1. The number of primary sulfonamides is 1. The lowest BCUT2D eigenvalue weighted by Crippen LogP contribution is -2.22. The number of ether oxygens (including phenoxy) is 1. The Morgan fingerprint density at radius 2 is 1.93 bits per heavy atom. The van der Waals surface area contributed by atoms with E-state index in [1.165, 1.54) is 24.3 Å². The lowest BCUT2D eigenvalue weighted by molar-refractivity contribution is -0.383. The summed E-state index contributed by atoms with van der Waals surface area (Å²) in [4.78, 5) is 34.0. The van der Waals surface area contributed by atoms with E-state index in [-0.39, 0.29) is 25.6 Å². The van der Waals surface area contributed by atoms with Crippen LogP contribution >= 0.6 is 27.5 Å². The van der Waals surface area contributed by atoms with Gasteiger partial charge < -0.3 is 10.1 Å². The smallest absolute Gasteiger partial charge is 0.339 e. The first-order valence-corrected chi connectivity index (χ1v) is 9.94. The number of nitrogens with one attached hydrogen (secondary N) is 1. The van der Waals surface area contributed by atoms with Crippen LogP contribution < -0.4 is 10.5 Å². The van der Waals surface area contributed by atoms with Crippen molar-refractivity contribution in [1.82, 2.24) is 0 Å². The molecule has 0 spiro atoms. The first-order chi connectivity index (χ1) is 13.0. The van der Waals surface area contributed by atoms with Gasteiger partial charge >= 0.3 is 5.97 Å². The van der Waals surface area contributed by atoms with Crippen LogP contribution in [0.15, 0.2) is 45.8 Å². The number of carbonyl (C=O) groups is 2. The number of benzene rings is 2. The number of anilines is 1. The van der Waals surface area contributed by atoms with Gasteiger partial charge in [0.15, 0.2) is 6.61 Å². The van der Waals surface area contributed by atoms with Crippen molar-refractivity contribution < 1.29 is 27.7 Å². The third-order valence-electron chi connectivity index (χ3n) is 3.25. The molecule has 0 fully saturated rings. The van der Waals surface area contributed by atoms with Gasteiger partial charge in [-0.1, -0.05) is 11.6 Å². The van der Waals surface area contributed by atoms with Crippen LogP contribution in [0.25, 0.3) is 0 Å². The Bertz CT molecular complexity index is 1080. The normalized spacial score (nSPS) is 11.0. The van der Waals surface area contributed by atoms with E-state index >= 15 is 0 Å². The number of amides is 1. The Balaban J connectivity index is 2.11. The molecule has 0 unspecified atom stereocenters. The molecule has 2 rings (SSSR count). The summed E-state index contributed by atoms with van der Waals surface area (Å²) in [5.74, 6) is -1.87. The molecule has 0 bridgehead atoms. The number of nitrogens with two attached hydrogens (primary N) is 1. The van der Waals surface area contributed by atoms with Crippen molar-refractivity contribution in [3.8, 4) is 0 Å². The maximum Gasteiger partial charge on any atom is 0.339 e. The molecule has 148 valence electrons. The van der Waals surface area contributed by atoms with E-state index < -0.39 is 39.1 Å². The summed E-state index contributed by atoms with van der Waals surface area (Å²) in [6, 6.07) is 7.02. The van der Waals surface area contributed by atoms with E-state index in [1.807, 2.05) is 0 Å². The molecule has 0 saturated carbocycles. The van der Waals surface area contributed by atoms with Crippen molar-refractivity contribution in [1.29, 1.82) is 0 Å². The van der Waals surface area contributed by atoms with Crippen molar-refractivity contribution in [2.45, 2.75) is 4.90 Å². The Hall–Kier alpha value is -2.54. The first-order valence-electron chi connectivity index (χ1n) is 7.22. The topological polar surface area (TPSA) is 159 Å². The van der Waals surface area contributed by atoms with Gasteiger partial charge in [-0.05, 0) is 46.3 Å². The number of rotatable bonds is 6. The van der Waals surface area contributed by atoms with Gasteiger partial charge in [-0.2, -0.15) is 0 Å². The second kappa shape index (κ2) is 8.65. The summed E-state index contributed by atoms with van der Waals surface area (Å²) in [7, 11) is -4.05. The zero-order valence-corrected chi connectivity index (χ0v) is 16.9. The Labute approximate surface area is 171 Å². The molecule has 0 radical (unpaired) electrons. The molecule has 0 saturated heterocycles. The average molecular weight is 493 g/mol. The summed E-state index contributed by atoms with van der Waals surface area (Å²) < 4.78 is 27.8. The van der Waals surface area contributed by atoms with Gasteiger partial charge in [-0.15, -0.1) is 0 Å². The van der Waals surface area contributed by atoms with Crippen molar-refractivity contribution in [3.05, 3.63) is 61.6 Å². The average Bonchev–Trinajstić information content (AvgIpc) is 2.58. The highest BCUT2D eigenvalue weighted by Gasteiger charge is 2.20. The largest absolute Gasteiger partial charge is 0.452 e. The Morgan fingerprint density at radius 1 is 1.25 bits per heavy atom. The van der Waals surface area contributed by atoms with Gasteiger partial charge in [-0.25, -0.2) is 18.4 Å². The zero-order chi connectivity index (χ0) is 21.1. The number of halogens is 2. The van der Waals surface area contributed by atoms with E-state index in [9.17, 15) is 28.1 Å². The second-order valence-corrected chi connectivity index (χ2v) is 8.08. The van der Waals surface area contributed by atoms with E-state index in [2.05, 4.69) is 21.2 Å². The number of nitro groups is 1. The summed E-state index contributed by atoms with van der Waals surface area (Å²) in [6.07, 6.45) is 0. The lowest BCUT2D eigenvalue weighted by atomic mass is 10.2. The monoisotopic (exact) mass is 491 g/mol. The third-order valence-corrected chi connectivity index (χ3v) is 5.09. The minimum Gasteiger partial charge on any atom is -0.452 e. The molecule has 13 heteroatoms. The van der Waals surface area contributed by atoms with Crippen molar-refractivity contribution >= 4 is 60.8 Å². The van der Waals surface area contributed by atoms with Crippen LogP contribution in [0.2, 0.25) is 5.02 Å². The van der Waals surface area contributed by atoms with E-state index in [1.54, 1.807) is 0 Å². The van der Waals surface area contributed by atoms with Crippen molar-refractivity contribution in [2.75, 3.05) is 11.9 Å². The summed E-state index contributed by atoms with van der Waals surface area (Å²) in [5, 5.41) is 18.4. The molecule has 0 aromatic heterocycles. The Morgan fingerprint density at radius 3 is 2.54 bits per heavy atom. The molecule has 10 nitrogen and oxygen atoms in total. The summed E-state index contributed by atoms with van der Waals surface area (Å²) in [6.45, 7) is -0.783. The fourth-order valence-electron chi connectivity index (χ4n) is 2.00. The number of hydrogen-bond acceptors (Lipinski definition) is 7. The molecule has 28 heavy (non-hydrogen) atoms. The Kier molecular flexibility index (Phi) is 6.72. The minimum absolute atomic E-state index is 0.154. The number of esters is 1. The fourth-order valence-corrected chi connectivity index (χ4v) is 3.12. The predicted octanol–water partition coefficient (Wildman–Crippen LogP) is 2.45. The number of carbonyl (C=O) groups excluding carboxylic acids is 2. The number of nitro benzene ring substituents is 1. The molecule has 1 amide bonds. The molecule has 0 heterocycles. The van der Waals surface area contributed by atoms with Gasteiger partial charge in [-0.3, -0.25) is 14.9 Å². The van der Waals surface area contributed by atoms with Gasteiger partial charge in [0.25, 0.3) is 11.6 Å². The van der Waals surface area contributed by atoms with Gasteiger partial charge in [0.2, 0.25) is 10.0 Å². The highest BCUT2D eigenvalue weighted by Crippen LogP contribution is 2.27. The number of hydrogen-bond donors (Lipinski definition) is 2. The van der Waals surface area contributed by atoms with E-state index in [0.29, 0.717) is 0 Å². The first kappa shape index (κ1) is 21.8. The fraction of sp³-hybridized carbons (Fsp3) is 0.0667. The molecule has 0 aliphatic rings. The van der Waals surface area contributed by atoms with Crippen LogP contribution in [0.4, 0.5) is 11.4 Å². The van der Waals surface area contributed by atoms with Crippen LogP contribution in [-0.4, -0.2) is 31.8 Å². The molecule has 0 atom stereocenters. The summed E-state index contributed by atoms with van der Waals surface area (Å²) >= 11 is 8.82. The molecule has 0 aliphatic carbocycles. The van der Waals surface area contributed by atoms with Crippen LogP contribution in [0.1, 0.15) is 10.4 Å². The van der Waals surface area contributed by atoms with Crippen molar-refractivity contribution in [2.24, 2.45) is 5.14 Å². The third kappa shape index (κ3) is 5.48. The second-order valence-electron chi connectivity index (χ2n) is 5.23. The molecule has 2 aromatic rings. The van der Waals surface area contributed by atoms with Gasteiger partial charge in [0.1, 0.15) is 5.69 Å². The van der Waals surface area contributed by atoms with Crippen LogP contribution in [0, 0.1) is 10.1 Å². The SMILES string of the molecule is NS(=O)(=O)c1ccc(Br)c(C(=O)OCC(=O)Nc2cc(Cl)ccc2[N+](=O)[O-])c1. The number of sulfonamides is 1. The van der Waals surface area contributed by atoms with Gasteiger partial charge in [0, 0.05) is 15.6 Å². The van der Waals surface area contributed by atoms with Crippen LogP contribution in [0.3, 0.4) is 0 Å². The molecule has 2 aromatic carbocycles. The zero-order valence-electron chi connectivity index (χ0n) is 13.7. The lowest BCUT2D eigenvalue weighted by Gasteiger charge is -2.09. The molecular weight excluding hydrogens is 482 g/mol. The van der Waals surface area contributed by atoms with Crippen LogP contribution in [-0.2, 0) is 19.6 Å². The molecule has 0 aliphatic heterocycles. The van der Waals surface area contributed by atoms with Gasteiger partial charge in [0.05, 0.1) is 15.4 Å². The standard InChI is InChI=1S/C15H11BrClN3O7S/c16-11-3-2-9(28(18,25)26)6-10(11)15(22)27-7-14(21)19-12-5-8(17)1-4-13(12)20(23)24/h1-6H,7H2,(H,19,21)(H2,18,25,26).